The van der Waals surface area contributed by atoms with E-state index in [1.165, 1.54) is 11.7 Å². The van der Waals surface area contributed by atoms with Gasteiger partial charge < -0.3 is 14.7 Å². The van der Waals surface area contributed by atoms with Crippen LogP contribution >= 0.6 is 0 Å². The molecule has 0 bridgehead atoms. The number of ether oxygens (including phenoxy) is 1. The number of methoxy groups -OCH3 is 1. The highest BCUT2D eigenvalue weighted by Gasteiger charge is 2.43. The molecule has 1 aromatic heterocycles. The van der Waals surface area contributed by atoms with Gasteiger partial charge in [-0.25, -0.2) is 4.79 Å². The molecule has 1 fully saturated rings. The highest BCUT2D eigenvalue weighted by Crippen LogP contribution is 2.34. The van der Waals surface area contributed by atoms with Gasteiger partial charge in [-0.1, -0.05) is 0 Å². The largest absolute Gasteiger partial charge is 0.481 e. The highest BCUT2D eigenvalue weighted by molar-refractivity contribution is 5.79. The maximum Gasteiger partial charge on any atom is 0.348 e. The second-order valence-electron chi connectivity index (χ2n) is 6.65. The Balaban J connectivity index is 2.17. The molecule has 8 heteroatoms. The van der Waals surface area contributed by atoms with E-state index in [9.17, 15) is 19.5 Å². The fourth-order valence-electron chi connectivity index (χ4n) is 3.33. The van der Waals surface area contributed by atoms with Crippen LogP contribution in [0.1, 0.15) is 30.7 Å². The summed E-state index contributed by atoms with van der Waals surface area (Å²) in [6, 6.07) is 1.74. The SMILES string of the molecule is COCCC1(C(=O)O)CCCN(C(=O)Cn2c(C)cc(C)nc2=O)C1. The number of nitrogens with zero attached hydrogens (tertiary/aromatic N) is 3. The first-order valence-corrected chi connectivity index (χ1v) is 8.34. The summed E-state index contributed by atoms with van der Waals surface area (Å²) in [5, 5.41) is 9.66. The molecule has 1 aliphatic heterocycles. The first-order chi connectivity index (χ1) is 11.8. The van der Waals surface area contributed by atoms with E-state index in [1.54, 1.807) is 24.8 Å². The zero-order valence-corrected chi connectivity index (χ0v) is 14.9. The first kappa shape index (κ1) is 19.1. The summed E-state index contributed by atoms with van der Waals surface area (Å²) >= 11 is 0. The van der Waals surface area contributed by atoms with E-state index >= 15 is 0 Å². The van der Waals surface area contributed by atoms with Crippen LogP contribution in [0.15, 0.2) is 10.9 Å². The number of rotatable bonds is 6. The molecule has 1 aromatic rings. The molecule has 2 heterocycles. The Morgan fingerprint density at radius 2 is 2.12 bits per heavy atom. The van der Waals surface area contributed by atoms with Crippen LogP contribution in [0, 0.1) is 19.3 Å². The van der Waals surface area contributed by atoms with Crippen molar-refractivity contribution in [2.24, 2.45) is 5.41 Å². The second kappa shape index (κ2) is 7.77. The summed E-state index contributed by atoms with van der Waals surface area (Å²) in [4.78, 5) is 41.9. The van der Waals surface area contributed by atoms with Gasteiger partial charge in [0, 0.05) is 38.2 Å². The van der Waals surface area contributed by atoms with Gasteiger partial charge in [-0.3, -0.25) is 14.2 Å². The second-order valence-corrected chi connectivity index (χ2v) is 6.65. The quantitative estimate of drug-likeness (QED) is 0.805. The maximum atomic E-state index is 12.7. The van der Waals surface area contributed by atoms with Gasteiger partial charge in [-0.15, -0.1) is 0 Å². The molecule has 0 aliphatic carbocycles. The molecule has 0 radical (unpaired) electrons. The zero-order valence-electron chi connectivity index (χ0n) is 14.9. The van der Waals surface area contributed by atoms with Crippen LogP contribution in [-0.2, 0) is 20.9 Å². The topological polar surface area (TPSA) is 102 Å². The van der Waals surface area contributed by atoms with Crippen molar-refractivity contribution < 1.29 is 19.4 Å². The van der Waals surface area contributed by atoms with Gasteiger partial charge in [0.2, 0.25) is 5.91 Å². The van der Waals surface area contributed by atoms with E-state index < -0.39 is 17.1 Å². The minimum Gasteiger partial charge on any atom is -0.481 e. The molecule has 1 aliphatic rings. The monoisotopic (exact) mass is 351 g/mol. The number of carboxylic acids is 1. The summed E-state index contributed by atoms with van der Waals surface area (Å²) in [7, 11) is 1.53. The van der Waals surface area contributed by atoms with E-state index in [-0.39, 0.29) is 19.0 Å². The van der Waals surface area contributed by atoms with Gasteiger partial charge in [-0.2, -0.15) is 4.98 Å². The number of hydrogen-bond acceptors (Lipinski definition) is 5. The number of hydrogen-bond donors (Lipinski definition) is 1. The molecule has 1 N–H and O–H groups in total. The molecule has 25 heavy (non-hydrogen) atoms. The van der Waals surface area contributed by atoms with Crippen LogP contribution in [0.5, 0.6) is 0 Å². The van der Waals surface area contributed by atoms with Gasteiger partial charge in [0.15, 0.2) is 0 Å². The molecule has 0 spiro atoms. The molecule has 1 unspecified atom stereocenters. The van der Waals surface area contributed by atoms with Gasteiger partial charge in [-0.05, 0) is 39.2 Å². The Bertz CT molecular complexity index is 715. The van der Waals surface area contributed by atoms with Crippen LogP contribution in [0.2, 0.25) is 0 Å². The standard InChI is InChI=1S/C17H25N3O5/c1-12-9-13(2)20(16(24)18-12)10-14(21)19-7-4-5-17(11-19,15(22)23)6-8-25-3/h9H,4-8,10-11H2,1-3H3,(H,22,23). The van der Waals surface area contributed by atoms with Gasteiger partial charge in [0.25, 0.3) is 0 Å². The summed E-state index contributed by atoms with van der Waals surface area (Å²) in [6.07, 6.45) is 1.48. The molecule has 138 valence electrons. The lowest BCUT2D eigenvalue weighted by atomic mass is 9.77. The summed E-state index contributed by atoms with van der Waals surface area (Å²) in [6.45, 7) is 4.31. The maximum absolute atomic E-state index is 12.7. The summed E-state index contributed by atoms with van der Waals surface area (Å²) < 4.78 is 6.35. The number of likely N-dealkylation sites (tertiary alicyclic amines) is 1. The normalized spacial score (nSPS) is 20.5. The number of carbonyl (C=O) groups excluding carboxylic acids is 1. The van der Waals surface area contributed by atoms with Gasteiger partial charge in [0.1, 0.15) is 6.54 Å². The first-order valence-electron chi connectivity index (χ1n) is 8.34. The molecule has 1 amide bonds. The Labute approximate surface area is 146 Å². The van der Waals surface area contributed by atoms with Crippen molar-refractivity contribution >= 4 is 11.9 Å². The molecular formula is C17H25N3O5. The van der Waals surface area contributed by atoms with Crippen LogP contribution in [0.4, 0.5) is 0 Å². The third kappa shape index (κ3) is 4.25. The lowest BCUT2D eigenvalue weighted by molar-refractivity contribution is -0.156. The predicted molar refractivity (Wildman–Crippen MR) is 90.3 cm³/mol. The molecule has 1 saturated heterocycles. The number of aromatic nitrogens is 2. The summed E-state index contributed by atoms with van der Waals surface area (Å²) in [5.41, 5.74) is -0.192. The third-order valence-electron chi connectivity index (χ3n) is 4.81. The smallest absolute Gasteiger partial charge is 0.348 e. The minimum absolute atomic E-state index is 0.127. The van der Waals surface area contributed by atoms with Gasteiger partial charge >= 0.3 is 11.7 Å². The van der Waals surface area contributed by atoms with Crippen molar-refractivity contribution in [1.82, 2.24) is 14.5 Å². The molecule has 8 nitrogen and oxygen atoms in total. The number of piperidine rings is 1. The van der Waals surface area contributed by atoms with Crippen molar-refractivity contribution in [2.75, 3.05) is 26.8 Å². The van der Waals surface area contributed by atoms with E-state index in [4.69, 9.17) is 4.74 Å². The van der Waals surface area contributed by atoms with E-state index in [1.807, 2.05) is 0 Å². The van der Waals surface area contributed by atoms with E-state index in [0.29, 0.717) is 43.8 Å². The molecule has 1 atom stereocenters. The number of aliphatic carboxylic acids is 1. The van der Waals surface area contributed by atoms with Crippen LogP contribution in [-0.4, -0.2) is 58.2 Å². The molecule has 2 rings (SSSR count). The lowest BCUT2D eigenvalue weighted by Crippen LogP contribution is -2.51. The predicted octanol–water partition coefficient (Wildman–Crippen LogP) is 0.590. The van der Waals surface area contributed by atoms with Crippen molar-refractivity contribution in [1.29, 1.82) is 0 Å². The number of aryl methyl sites for hydroxylation is 2. The Hall–Kier alpha value is -2.22. The van der Waals surface area contributed by atoms with Crippen molar-refractivity contribution in [3.63, 3.8) is 0 Å². The van der Waals surface area contributed by atoms with Crippen LogP contribution in [0.3, 0.4) is 0 Å². The molecule has 0 aromatic carbocycles. The number of carboxylic acid groups (broad SMARTS) is 1. The highest BCUT2D eigenvalue weighted by atomic mass is 16.5. The third-order valence-corrected chi connectivity index (χ3v) is 4.81. The Morgan fingerprint density at radius 1 is 1.40 bits per heavy atom. The Morgan fingerprint density at radius 3 is 2.72 bits per heavy atom. The average Bonchev–Trinajstić information content (AvgIpc) is 2.56. The van der Waals surface area contributed by atoms with Crippen molar-refractivity contribution in [3.05, 3.63) is 27.9 Å². The fraction of sp³-hybridized carbons (Fsp3) is 0.647. The van der Waals surface area contributed by atoms with Gasteiger partial charge in [0.05, 0.1) is 5.41 Å². The summed E-state index contributed by atoms with van der Waals surface area (Å²) in [5.74, 6) is -1.18. The van der Waals surface area contributed by atoms with Crippen molar-refractivity contribution in [3.8, 4) is 0 Å². The molecular weight excluding hydrogens is 326 g/mol. The minimum atomic E-state index is -0.991. The van der Waals surface area contributed by atoms with Crippen LogP contribution in [0.25, 0.3) is 0 Å². The average molecular weight is 351 g/mol. The fourth-order valence-corrected chi connectivity index (χ4v) is 3.33. The lowest BCUT2D eigenvalue weighted by Gasteiger charge is -2.40. The van der Waals surface area contributed by atoms with Crippen molar-refractivity contribution in [2.45, 2.75) is 39.7 Å². The van der Waals surface area contributed by atoms with E-state index in [0.717, 1.165) is 0 Å². The zero-order chi connectivity index (χ0) is 18.6. The molecule has 0 saturated carbocycles. The number of amides is 1. The Kier molecular flexibility index (Phi) is 5.94. The van der Waals surface area contributed by atoms with Crippen LogP contribution < -0.4 is 5.69 Å². The number of carbonyl (C=O) groups is 2. The van der Waals surface area contributed by atoms with E-state index in [2.05, 4.69) is 4.98 Å².